The van der Waals surface area contributed by atoms with Crippen LogP contribution in [0, 0.1) is 5.82 Å². The number of halogens is 2. The molecule has 0 radical (unpaired) electrons. The van der Waals surface area contributed by atoms with Gasteiger partial charge in [0.25, 0.3) is 0 Å². The van der Waals surface area contributed by atoms with Crippen LogP contribution >= 0.6 is 15.9 Å². The van der Waals surface area contributed by atoms with Crippen molar-refractivity contribution in [3.05, 3.63) is 28.5 Å². The van der Waals surface area contributed by atoms with Gasteiger partial charge in [-0.05, 0) is 28.1 Å². The van der Waals surface area contributed by atoms with E-state index in [0.717, 1.165) is 0 Å². The second-order valence-electron chi connectivity index (χ2n) is 2.12. The predicted octanol–water partition coefficient (Wildman–Crippen LogP) is 1.96. The average molecular weight is 235 g/mol. The highest BCUT2D eigenvalue weighted by Crippen LogP contribution is 2.26. The number of hydrogen-bond acceptors (Lipinski definition) is 2. The minimum Gasteiger partial charge on any atom is -0.490 e. The van der Waals surface area contributed by atoms with Crippen molar-refractivity contribution in [2.45, 2.75) is 0 Å². The standard InChI is InChI=1S/C8H8BrFO2/c9-8-6(10)2-1-3-7(8)12-5-4-11/h1-3,11H,4-5H2. The molecule has 0 heterocycles. The molecule has 0 saturated heterocycles. The van der Waals surface area contributed by atoms with Crippen molar-refractivity contribution in [2.24, 2.45) is 0 Å². The Kier molecular flexibility index (Phi) is 3.49. The van der Waals surface area contributed by atoms with Crippen molar-refractivity contribution in [2.75, 3.05) is 13.2 Å². The summed E-state index contributed by atoms with van der Waals surface area (Å²) in [6, 6.07) is 4.51. The van der Waals surface area contributed by atoms with Gasteiger partial charge in [0.1, 0.15) is 18.2 Å². The van der Waals surface area contributed by atoms with Crippen LogP contribution in [0.25, 0.3) is 0 Å². The number of aliphatic hydroxyl groups is 1. The number of hydrogen-bond donors (Lipinski definition) is 1. The SMILES string of the molecule is OCCOc1cccc(F)c1Br. The summed E-state index contributed by atoms with van der Waals surface area (Å²) >= 11 is 3.03. The Morgan fingerprint density at radius 1 is 1.50 bits per heavy atom. The molecule has 0 bridgehead atoms. The molecule has 0 atom stereocenters. The van der Waals surface area contributed by atoms with E-state index in [1.165, 1.54) is 6.07 Å². The summed E-state index contributed by atoms with van der Waals surface area (Å²) in [5.41, 5.74) is 0. The highest BCUT2D eigenvalue weighted by molar-refractivity contribution is 9.10. The molecule has 2 nitrogen and oxygen atoms in total. The van der Waals surface area contributed by atoms with E-state index in [1.807, 2.05) is 0 Å². The van der Waals surface area contributed by atoms with Crippen molar-refractivity contribution < 1.29 is 14.2 Å². The maximum atomic E-state index is 12.8. The second-order valence-corrected chi connectivity index (χ2v) is 2.92. The largest absolute Gasteiger partial charge is 0.490 e. The summed E-state index contributed by atoms with van der Waals surface area (Å²) in [5.74, 6) is 0.0366. The summed E-state index contributed by atoms with van der Waals surface area (Å²) in [7, 11) is 0. The first-order valence-electron chi connectivity index (χ1n) is 3.43. The van der Waals surface area contributed by atoms with Crippen molar-refractivity contribution in [1.82, 2.24) is 0 Å². The third-order valence-corrected chi connectivity index (χ3v) is 2.03. The number of aliphatic hydroxyl groups excluding tert-OH is 1. The Balaban J connectivity index is 2.78. The molecule has 0 aromatic heterocycles. The third-order valence-electron chi connectivity index (χ3n) is 1.27. The molecule has 0 spiro atoms. The minimum absolute atomic E-state index is 0.0804. The Bertz CT molecular complexity index is 265. The fourth-order valence-corrected chi connectivity index (χ4v) is 1.13. The fraction of sp³-hybridized carbons (Fsp3) is 0.250. The molecule has 0 amide bonds. The summed E-state index contributed by atoms with van der Waals surface area (Å²) in [6.07, 6.45) is 0. The average Bonchev–Trinajstić information content (AvgIpc) is 2.08. The van der Waals surface area contributed by atoms with Crippen LogP contribution in [0.1, 0.15) is 0 Å². The molecule has 0 aliphatic heterocycles. The second kappa shape index (κ2) is 4.42. The maximum Gasteiger partial charge on any atom is 0.141 e. The number of ether oxygens (including phenoxy) is 1. The molecule has 12 heavy (non-hydrogen) atoms. The Hall–Kier alpha value is -0.610. The van der Waals surface area contributed by atoms with E-state index in [2.05, 4.69) is 15.9 Å². The lowest BCUT2D eigenvalue weighted by atomic mass is 10.3. The lowest BCUT2D eigenvalue weighted by Gasteiger charge is -2.05. The molecule has 66 valence electrons. The van der Waals surface area contributed by atoms with Crippen LogP contribution in [0.4, 0.5) is 4.39 Å². The maximum absolute atomic E-state index is 12.8. The molecule has 0 saturated carbocycles. The molecule has 0 unspecified atom stereocenters. The molecule has 1 aromatic carbocycles. The zero-order valence-electron chi connectivity index (χ0n) is 6.26. The lowest BCUT2D eigenvalue weighted by Crippen LogP contribution is -2.02. The molecule has 1 N–H and O–H groups in total. The molecular weight excluding hydrogens is 227 g/mol. The number of benzene rings is 1. The van der Waals surface area contributed by atoms with Gasteiger partial charge in [0.05, 0.1) is 11.1 Å². The third kappa shape index (κ3) is 2.19. The summed E-state index contributed by atoms with van der Waals surface area (Å²) in [5, 5.41) is 8.45. The van der Waals surface area contributed by atoms with E-state index < -0.39 is 0 Å². The molecule has 1 aromatic rings. The fourth-order valence-electron chi connectivity index (χ4n) is 0.751. The summed E-state index contributed by atoms with van der Waals surface area (Å²) in [6.45, 7) is 0.0883. The van der Waals surface area contributed by atoms with E-state index in [-0.39, 0.29) is 19.0 Å². The van der Waals surface area contributed by atoms with Gasteiger partial charge in [-0.3, -0.25) is 0 Å². The van der Waals surface area contributed by atoms with Crippen LogP contribution in [-0.4, -0.2) is 18.3 Å². The minimum atomic E-state index is -0.370. The Labute approximate surface area is 78.1 Å². The molecule has 1 rings (SSSR count). The van der Waals surface area contributed by atoms with Gasteiger partial charge in [0.15, 0.2) is 0 Å². The van der Waals surface area contributed by atoms with E-state index in [0.29, 0.717) is 10.2 Å². The van der Waals surface area contributed by atoms with Crippen molar-refractivity contribution >= 4 is 15.9 Å². The normalized spacial score (nSPS) is 9.92. The van der Waals surface area contributed by atoms with E-state index in [1.54, 1.807) is 12.1 Å². The smallest absolute Gasteiger partial charge is 0.141 e. The highest BCUT2D eigenvalue weighted by Gasteiger charge is 2.04. The first kappa shape index (κ1) is 9.48. The first-order chi connectivity index (χ1) is 5.75. The van der Waals surface area contributed by atoms with Crippen LogP contribution in [0.3, 0.4) is 0 Å². The Morgan fingerprint density at radius 3 is 2.92 bits per heavy atom. The monoisotopic (exact) mass is 234 g/mol. The molecular formula is C8H8BrFO2. The van der Waals surface area contributed by atoms with Gasteiger partial charge < -0.3 is 9.84 Å². The van der Waals surface area contributed by atoms with Crippen LogP contribution in [0.5, 0.6) is 5.75 Å². The Morgan fingerprint density at radius 2 is 2.25 bits per heavy atom. The van der Waals surface area contributed by atoms with E-state index >= 15 is 0 Å². The molecule has 0 aliphatic rings. The van der Waals surface area contributed by atoms with Crippen molar-refractivity contribution in [1.29, 1.82) is 0 Å². The van der Waals surface area contributed by atoms with Crippen molar-refractivity contribution in [3.63, 3.8) is 0 Å². The summed E-state index contributed by atoms with van der Waals surface area (Å²) < 4.78 is 18.1. The van der Waals surface area contributed by atoms with Gasteiger partial charge in [-0.2, -0.15) is 0 Å². The van der Waals surface area contributed by atoms with Gasteiger partial charge in [0.2, 0.25) is 0 Å². The van der Waals surface area contributed by atoms with Gasteiger partial charge in [-0.1, -0.05) is 6.07 Å². The predicted molar refractivity (Wildman–Crippen MR) is 46.7 cm³/mol. The van der Waals surface area contributed by atoms with Crippen LogP contribution in [0.2, 0.25) is 0 Å². The lowest BCUT2D eigenvalue weighted by molar-refractivity contribution is 0.200. The highest BCUT2D eigenvalue weighted by atomic mass is 79.9. The van der Waals surface area contributed by atoms with Gasteiger partial charge in [-0.15, -0.1) is 0 Å². The molecule has 4 heteroatoms. The van der Waals surface area contributed by atoms with Gasteiger partial charge >= 0.3 is 0 Å². The quantitative estimate of drug-likeness (QED) is 0.867. The zero-order chi connectivity index (χ0) is 8.97. The van der Waals surface area contributed by atoms with Gasteiger partial charge in [-0.25, -0.2) is 4.39 Å². The van der Waals surface area contributed by atoms with E-state index in [4.69, 9.17) is 9.84 Å². The topological polar surface area (TPSA) is 29.5 Å². The van der Waals surface area contributed by atoms with Crippen LogP contribution < -0.4 is 4.74 Å². The first-order valence-corrected chi connectivity index (χ1v) is 4.22. The molecule has 0 fully saturated rings. The molecule has 0 aliphatic carbocycles. The van der Waals surface area contributed by atoms with E-state index in [9.17, 15) is 4.39 Å². The zero-order valence-corrected chi connectivity index (χ0v) is 7.84. The van der Waals surface area contributed by atoms with Crippen LogP contribution in [-0.2, 0) is 0 Å². The van der Waals surface area contributed by atoms with Crippen LogP contribution in [0.15, 0.2) is 22.7 Å². The number of rotatable bonds is 3. The summed E-state index contributed by atoms with van der Waals surface area (Å²) in [4.78, 5) is 0. The van der Waals surface area contributed by atoms with Gasteiger partial charge in [0, 0.05) is 0 Å². The van der Waals surface area contributed by atoms with Crippen molar-refractivity contribution in [3.8, 4) is 5.75 Å².